The molecule has 0 aliphatic carbocycles. The second-order valence-electron chi connectivity index (χ2n) is 6.62. The van der Waals surface area contributed by atoms with Crippen LogP contribution in [-0.2, 0) is 18.9 Å². The number of allylic oxidation sites excluding steroid dienone is 2. The Morgan fingerprint density at radius 2 is 0.967 bits per heavy atom. The molecule has 0 N–H and O–H groups in total. The van der Waals surface area contributed by atoms with Gasteiger partial charge in [0.25, 0.3) is 0 Å². The summed E-state index contributed by atoms with van der Waals surface area (Å²) in [6, 6.07) is 4.42. The number of unbranched alkanes of at least 4 members (excludes halogenated alkanes) is 6. The minimum absolute atomic E-state index is 0.567. The Hall–Kier alpha value is -0.740. The number of rotatable bonds is 22. The van der Waals surface area contributed by atoms with Crippen molar-refractivity contribution in [2.75, 3.05) is 65.4 Å². The van der Waals surface area contributed by atoms with E-state index in [9.17, 15) is 10.5 Å². The van der Waals surface area contributed by atoms with Gasteiger partial charge in [-0.2, -0.15) is 10.5 Å². The van der Waals surface area contributed by atoms with Gasteiger partial charge in [-0.3, -0.25) is 0 Å². The number of hydrogen-bond acceptors (Lipinski definition) is 8. The van der Waals surface area contributed by atoms with Crippen molar-refractivity contribution in [2.45, 2.75) is 51.4 Å². The number of ether oxygens (including phenoxy) is 4. The van der Waals surface area contributed by atoms with Gasteiger partial charge in [0.15, 0.2) is 0 Å². The van der Waals surface area contributed by atoms with Crippen molar-refractivity contribution in [1.29, 1.82) is 10.5 Å². The standard InChI is InChI=1S/C22H38N2O4S2/c1-25-13-15-27-11-7-3-5-9-17-29-21(19-23)22(20-24)30-18-10-6-4-8-12-28-16-14-26-2/h3-18H2,1-2H3. The van der Waals surface area contributed by atoms with Gasteiger partial charge in [0.2, 0.25) is 0 Å². The lowest BCUT2D eigenvalue weighted by atomic mass is 10.2. The first-order chi connectivity index (χ1) is 14.8. The molecule has 0 aromatic heterocycles. The molecule has 0 spiro atoms. The average Bonchev–Trinajstić information content (AvgIpc) is 2.77. The number of hydrogen-bond donors (Lipinski definition) is 0. The number of nitrogens with zero attached hydrogens (tertiary/aromatic N) is 2. The lowest BCUT2D eigenvalue weighted by molar-refractivity contribution is 0.0686. The van der Waals surface area contributed by atoms with E-state index in [0.29, 0.717) is 36.2 Å². The van der Waals surface area contributed by atoms with Crippen LogP contribution < -0.4 is 0 Å². The topological polar surface area (TPSA) is 84.5 Å². The highest BCUT2D eigenvalue weighted by molar-refractivity contribution is 8.07. The highest BCUT2D eigenvalue weighted by Crippen LogP contribution is 2.28. The van der Waals surface area contributed by atoms with E-state index in [4.69, 9.17) is 18.9 Å². The summed E-state index contributed by atoms with van der Waals surface area (Å²) in [4.78, 5) is 1.13. The summed E-state index contributed by atoms with van der Waals surface area (Å²) in [5.74, 6) is 1.75. The summed E-state index contributed by atoms with van der Waals surface area (Å²) in [7, 11) is 3.34. The maximum Gasteiger partial charge on any atom is 0.109 e. The molecule has 30 heavy (non-hydrogen) atoms. The van der Waals surface area contributed by atoms with E-state index in [1.54, 1.807) is 14.2 Å². The monoisotopic (exact) mass is 458 g/mol. The summed E-state index contributed by atoms with van der Waals surface area (Å²) in [5.41, 5.74) is 0. The first-order valence-corrected chi connectivity index (χ1v) is 12.7. The third kappa shape index (κ3) is 19.2. The first kappa shape index (κ1) is 29.3. The Bertz CT molecular complexity index is 460. The van der Waals surface area contributed by atoms with Crippen LogP contribution in [0.4, 0.5) is 0 Å². The fourth-order valence-electron chi connectivity index (χ4n) is 2.45. The van der Waals surface area contributed by atoms with E-state index in [-0.39, 0.29) is 0 Å². The van der Waals surface area contributed by atoms with Gasteiger partial charge in [-0.15, -0.1) is 23.5 Å². The molecule has 0 saturated heterocycles. The average molecular weight is 459 g/mol. The summed E-state index contributed by atoms with van der Waals surface area (Å²) in [6.07, 6.45) is 8.66. The van der Waals surface area contributed by atoms with E-state index >= 15 is 0 Å². The van der Waals surface area contributed by atoms with Crippen LogP contribution >= 0.6 is 23.5 Å². The quantitative estimate of drug-likeness (QED) is 0.162. The third-order valence-electron chi connectivity index (χ3n) is 4.13. The lowest BCUT2D eigenvalue weighted by Crippen LogP contribution is -2.02. The van der Waals surface area contributed by atoms with Crippen LogP contribution in [0.5, 0.6) is 0 Å². The first-order valence-electron chi connectivity index (χ1n) is 10.7. The van der Waals surface area contributed by atoms with Crippen molar-refractivity contribution in [3.63, 3.8) is 0 Å². The summed E-state index contributed by atoms with van der Waals surface area (Å²) in [5, 5.41) is 18.8. The normalized spacial score (nSPS) is 11.7. The Kier molecular flexibility index (Phi) is 23.9. The zero-order valence-electron chi connectivity index (χ0n) is 18.7. The fraction of sp³-hybridized carbons (Fsp3) is 0.818. The van der Waals surface area contributed by atoms with Gasteiger partial charge in [-0.25, -0.2) is 0 Å². The van der Waals surface area contributed by atoms with Gasteiger partial charge in [-0.1, -0.05) is 25.7 Å². The molecule has 8 heteroatoms. The molecule has 0 radical (unpaired) electrons. The molecule has 172 valence electrons. The molecule has 0 saturated carbocycles. The van der Waals surface area contributed by atoms with Crippen molar-refractivity contribution >= 4 is 23.5 Å². The molecule has 0 bridgehead atoms. The molecular formula is C22H38N2O4S2. The second-order valence-corrected chi connectivity index (χ2v) is 8.83. The van der Waals surface area contributed by atoms with Crippen LogP contribution in [0, 0.1) is 22.7 Å². The maximum atomic E-state index is 9.39. The predicted octanol–water partition coefficient (Wildman–Crippen LogP) is 5.16. The minimum Gasteiger partial charge on any atom is -0.382 e. The minimum atomic E-state index is 0.567. The molecule has 0 aliphatic rings. The van der Waals surface area contributed by atoms with E-state index in [1.165, 1.54) is 23.5 Å². The van der Waals surface area contributed by atoms with Gasteiger partial charge in [0.05, 0.1) is 26.4 Å². The summed E-state index contributed by atoms with van der Waals surface area (Å²) >= 11 is 3.02. The highest BCUT2D eigenvalue weighted by Gasteiger charge is 2.08. The molecule has 0 aromatic carbocycles. The van der Waals surface area contributed by atoms with Crippen LogP contribution in [0.15, 0.2) is 9.81 Å². The largest absolute Gasteiger partial charge is 0.382 e. The van der Waals surface area contributed by atoms with Crippen molar-refractivity contribution in [3.8, 4) is 12.1 Å². The fourth-order valence-corrected chi connectivity index (χ4v) is 4.40. The third-order valence-corrected chi connectivity index (χ3v) is 6.41. The summed E-state index contributed by atoms with van der Waals surface area (Å²) in [6.45, 7) is 4.14. The van der Waals surface area contributed by atoms with E-state index in [2.05, 4.69) is 12.1 Å². The number of thioether (sulfide) groups is 2. The van der Waals surface area contributed by atoms with Crippen LogP contribution in [0.1, 0.15) is 51.4 Å². The molecule has 0 fully saturated rings. The molecule has 0 rings (SSSR count). The SMILES string of the molecule is COCCOCCCCCCSC(C#N)=C(C#N)SCCCCCCOCCOC. The summed E-state index contributed by atoms with van der Waals surface area (Å²) < 4.78 is 20.7. The van der Waals surface area contributed by atoms with Crippen LogP contribution in [-0.4, -0.2) is 65.4 Å². The molecule has 0 aromatic rings. The second kappa shape index (κ2) is 24.5. The smallest absolute Gasteiger partial charge is 0.109 e. The van der Waals surface area contributed by atoms with Gasteiger partial charge in [0, 0.05) is 27.4 Å². The zero-order chi connectivity index (χ0) is 22.1. The predicted molar refractivity (Wildman–Crippen MR) is 125 cm³/mol. The Labute approximate surface area is 191 Å². The number of nitriles is 2. The van der Waals surface area contributed by atoms with Crippen molar-refractivity contribution < 1.29 is 18.9 Å². The van der Waals surface area contributed by atoms with Gasteiger partial charge < -0.3 is 18.9 Å². The molecule has 0 amide bonds. The van der Waals surface area contributed by atoms with Crippen molar-refractivity contribution in [2.24, 2.45) is 0 Å². The lowest BCUT2D eigenvalue weighted by Gasteiger charge is -2.05. The highest BCUT2D eigenvalue weighted by atomic mass is 32.2. The van der Waals surface area contributed by atoms with E-state index < -0.39 is 0 Å². The van der Waals surface area contributed by atoms with Gasteiger partial charge >= 0.3 is 0 Å². The van der Waals surface area contributed by atoms with E-state index in [1.807, 2.05) is 0 Å². The van der Waals surface area contributed by atoms with Crippen molar-refractivity contribution in [3.05, 3.63) is 9.81 Å². The molecule has 0 heterocycles. The molecule has 0 unspecified atom stereocenters. The van der Waals surface area contributed by atoms with Crippen LogP contribution in [0.3, 0.4) is 0 Å². The van der Waals surface area contributed by atoms with E-state index in [0.717, 1.165) is 76.1 Å². The van der Waals surface area contributed by atoms with Crippen molar-refractivity contribution in [1.82, 2.24) is 0 Å². The Morgan fingerprint density at radius 1 is 0.567 bits per heavy atom. The zero-order valence-corrected chi connectivity index (χ0v) is 20.3. The van der Waals surface area contributed by atoms with Crippen LogP contribution in [0.25, 0.3) is 0 Å². The Balaban J connectivity index is 3.78. The van der Waals surface area contributed by atoms with Gasteiger partial charge in [-0.05, 0) is 37.2 Å². The van der Waals surface area contributed by atoms with Crippen LogP contribution in [0.2, 0.25) is 0 Å². The Morgan fingerprint density at radius 3 is 1.33 bits per heavy atom. The molecule has 6 nitrogen and oxygen atoms in total. The molecular weight excluding hydrogens is 420 g/mol. The maximum absolute atomic E-state index is 9.39. The molecule has 0 atom stereocenters. The molecule has 0 aliphatic heterocycles. The van der Waals surface area contributed by atoms with Gasteiger partial charge in [0.1, 0.15) is 21.9 Å². The number of methoxy groups -OCH3 is 2.